The number of carbonyl (C=O) groups is 1. The largest absolute Gasteiger partial charge is 0.380 e. The fraction of sp³-hybridized carbons (Fsp3) is 0.467. The number of aromatic nitrogens is 1. The SMILES string of the molecule is CNc1cc2cnc(C(=O)N[C@@H]3C[C@H]4CC[C@@H]3N4)cc2s1. The molecule has 0 aliphatic carbocycles. The topological polar surface area (TPSA) is 66.0 Å². The zero-order valence-electron chi connectivity index (χ0n) is 11.8. The lowest BCUT2D eigenvalue weighted by molar-refractivity contribution is 0.0926. The summed E-state index contributed by atoms with van der Waals surface area (Å²) in [7, 11) is 1.90. The lowest BCUT2D eigenvalue weighted by Crippen LogP contribution is -2.43. The van der Waals surface area contributed by atoms with Gasteiger partial charge in [0.05, 0.1) is 5.00 Å². The average Bonchev–Trinajstić information content (AvgIpc) is 3.20. The lowest BCUT2D eigenvalue weighted by Gasteiger charge is -2.21. The highest BCUT2D eigenvalue weighted by molar-refractivity contribution is 7.22. The molecule has 4 rings (SSSR count). The van der Waals surface area contributed by atoms with E-state index in [-0.39, 0.29) is 11.9 Å². The molecule has 110 valence electrons. The summed E-state index contributed by atoms with van der Waals surface area (Å²) in [4.78, 5) is 16.7. The van der Waals surface area contributed by atoms with E-state index in [0.29, 0.717) is 17.8 Å². The van der Waals surface area contributed by atoms with Gasteiger partial charge in [-0.05, 0) is 31.4 Å². The Kier molecular flexibility index (Phi) is 3.08. The van der Waals surface area contributed by atoms with Crippen molar-refractivity contribution in [2.75, 3.05) is 12.4 Å². The quantitative estimate of drug-likeness (QED) is 0.811. The Balaban J connectivity index is 1.53. The molecule has 1 amide bonds. The Hall–Kier alpha value is -1.66. The van der Waals surface area contributed by atoms with Crippen molar-refractivity contribution in [1.29, 1.82) is 0 Å². The van der Waals surface area contributed by atoms with Crippen LogP contribution in [0.1, 0.15) is 29.8 Å². The van der Waals surface area contributed by atoms with Gasteiger partial charge in [-0.3, -0.25) is 9.78 Å². The van der Waals surface area contributed by atoms with Gasteiger partial charge in [-0.2, -0.15) is 0 Å². The van der Waals surface area contributed by atoms with Crippen LogP contribution < -0.4 is 16.0 Å². The molecule has 0 saturated carbocycles. The van der Waals surface area contributed by atoms with Gasteiger partial charge in [-0.25, -0.2) is 0 Å². The van der Waals surface area contributed by atoms with E-state index >= 15 is 0 Å². The number of fused-ring (bicyclic) bond motifs is 3. The van der Waals surface area contributed by atoms with Crippen LogP contribution in [-0.2, 0) is 0 Å². The van der Waals surface area contributed by atoms with Crippen molar-refractivity contribution in [1.82, 2.24) is 15.6 Å². The number of rotatable bonds is 3. The molecular weight excluding hydrogens is 284 g/mol. The molecule has 0 aromatic carbocycles. The molecule has 0 unspecified atom stereocenters. The molecule has 0 radical (unpaired) electrons. The molecule has 2 saturated heterocycles. The molecule has 6 heteroatoms. The minimum absolute atomic E-state index is 0.0596. The number of thiophene rings is 1. The van der Waals surface area contributed by atoms with E-state index in [0.717, 1.165) is 21.5 Å². The van der Waals surface area contributed by atoms with Crippen molar-refractivity contribution >= 4 is 32.3 Å². The summed E-state index contributed by atoms with van der Waals surface area (Å²) in [5.74, 6) is -0.0596. The Bertz CT molecular complexity index is 698. The van der Waals surface area contributed by atoms with Crippen LogP contribution in [0.2, 0.25) is 0 Å². The highest BCUT2D eigenvalue weighted by Crippen LogP contribution is 2.30. The average molecular weight is 302 g/mol. The van der Waals surface area contributed by atoms with Crippen molar-refractivity contribution < 1.29 is 4.79 Å². The van der Waals surface area contributed by atoms with Gasteiger partial charge in [-0.15, -0.1) is 11.3 Å². The van der Waals surface area contributed by atoms with E-state index < -0.39 is 0 Å². The third-order valence-electron chi connectivity index (χ3n) is 4.50. The summed E-state index contributed by atoms with van der Waals surface area (Å²) in [6, 6.07) is 5.22. The molecule has 5 nitrogen and oxygen atoms in total. The molecule has 2 fully saturated rings. The number of carbonyl (C=O) groups excluding carboxylic acids is 1. The maximum Gasteiger partial charge on any atom is 0.270 e. The Morgan fingerprint density at radius 1 is 1.43 bits per heavy atom. The van der Waals surface area contributed by atoms with Crippen molar-refractivity contribution in [3.63, 3.8) is 0 Å². The molecule has 4 heterocycles. The summed E-state index contributed by atoms with van der Waals surface area (Å²) in [6.45, 7) is 0. The van der Waals surface area contributed by atoms with E-state index in [1.807, 2.05) is 13.1 Å². The smallest absolute Gasteiger partial charge is 0.270 e. The minimum atomic E-state index is -0.0596. The fourth-order valence-corrected chi connectivity index (χ4v) is 4.33. The number of hydrogen-bond acceptors (Lipinski definition) is 5. The van der Waals surface area contributed by atoms with Crippen LogP contribution in [0.15, 0.2) is 18.3 Å². The molecule has 3 atom stereocenters. The van der Waals surface area contributed by atoms with Gasteiger partial charge in [0.15, 0.2) is 0 Å². The van der Waals surface area contributed by atoms with Crippen LogP contribution in [0.4, 0.5) is 5.00 Å². The predicted octanol–water partition coefficient (Wildman–Crippen LogP) is 1.96. The van der Waals surface area contributed by atoms with Crippen LogP contribution in [0.25, 0.3) is 10.1 Å². The van der Waals surface area contributed by atoms with Crippen LogP contribution in [-0.4, -0.2) is 36.1 Å². The summed E-state index contributed by atoms with van der Waals surface area (Å²) >= 11 is 1.64. The van der Waals surface area contributed by atoms with Crippen LogP contribution in [0.5, 0.6) is 0 Å². The van der Waals surface area contributed by atoms with E-state index in [4.69, 9.17) is 0 Å². The van der Waals surface area contributed by atoms with Crippen LogP contribution >= 0.6 is 11.3 Å². The predicted molar refractivity (Wildman–Crippen MR) is 85.0 cm³/mol. The zero-order chi connectivity index (χ0) is 14.4. The van der Waals surface area contributed by atoms with Gasteiger partial charge >= 0.3 is 0 Å². The van der Waals surface area contributed by atoms with E-state index in [9.17, 15) is 4.79 Å². The van der Waals surface area contributed by atoms with Crippen LogP contribution in [0, 0.1) is 0 Å². The first-order valence-corrected chi connectivity index (χ1v) is 8.19. The first-order chi connectivity index (χ1) is 10.2. The minimum Gasteiger partial charge on any atom is -0.380 e. The Morgan fingerprint density at radius 3 is 3.05 bits per heavy atom. The maximum absolute atomic E-state index is 12.4. The van der Waals surface area contributed by atoms with Gasteiger partial charge in [0, 0.05) is 41.5 Å². The number of nitrogens with zero attached hydrogens (tertiary/aromatic N) is 1. The first kappa shape index (κ1) is 13.0. The second-order valence-electron chi connectivity index (χ2n) is 5.83. The monoisotopic (exact) mass is 302 g/mol. The van der Waals surface area contributed by atoms with Gasteiger partial charge in [0.2, 0.25) is 0 Å². The number of hydrogen-bond donors (Lipinski definition) is 3. The van der Waals surface area contributed by atoms with Crippen LogP contribution in [0.3, 0.4) is 0 Å². The third-order valence-corrected chi connectivity index (χ3v) is 5.61. The number of anilines is 1. The normalized spacial score (nSPS) is 27.2. The maximum atomic E-state index is 12.4. The first-order valence-electron chi connectivity index (χ1n) is 7.37. The Labute approximate surface area is 127 Å². The number of nitrogens with one attached hydrogen (secondary N) is 3. The third kappa shape index (κ3) is 2.28. The molecule has 2 bridgehead atoms. The van der Waals surface area contributed by atoms with E-state index in [2.05, 4.69) is 27.0 Å². The molecule has 3 N–H and O–H groups in total. The molecule has 2 aromatic heterocycles. The molecule has 2 aliphatic rings. The molecule has 21 heavy (non-hydrogen) atoms. The van der Waals surface area contributed by atoms with Crippen molar-refractivity contribution in [2.45, 2.75) is 37.4 Å². The summed E-state index contributed by atoms with van der Waals surface area (Å²) in [6.07, 6.45) is 5.23. The summed E-state index contributed by atoms with van der Waals surface area (Å²) in [5.41, 5.74) is 0.509. The van der Waals surface area contributed by atoms with E-state index in [1.54, 1.807) is 17.5 Å². The molecule has 2 aromatic rings. The second-order valence-corrected chi connectivity index (χ2v) is 6.91. The highest BCUT2D eigenvalue weighted by Gasteiger charge is 2.39. The summed E-state index contributed by atoms with van der Waals surface area (Å²) < 4.78 is 1.09. The highest BCUT2D eigenvalue weighted by atomic mass is 32.1. The standard InChI is InChI=1S/C15H18N4OS/c1-16-14-4-8-7-17-12(6-13(8)21-14)15(20)19-11-5-9-2-3-10(11)18-9/h4,6-7,9-11,16,18H,2-3,5H2,1H3,(H,19,20)/t9-,10+,11-/m1/s1. The number of amides is 1. The molecule has 0 spiro atoms. The van der Waals surface area contributed by atoms with Gasteiger partial charge in [0.1, 0.15) is 5.69 Å². The molecular formula is C15H18N4OS. The van der Waals surface area contributed by atoms with Gasteiger partial charge < -0.3 is 16.0 Å². The fourth-order valence-electron chi connectivity index (χ4n) is 3.41. The molecule has 2 aliphatic heterocycles. The van der Waals surface area contributed by atoms with Crippen molar-refractivity contribution in [3.05, 3.63) is 24.0 Å². The summed E-state index contributed by atoms with van der Waals surface area (Å²) in [5, 5.41) is 12.0. The van der Waals surface area contributed by atoms with Gasteiger partial charge in [-0.1, -0.05) is 0 Å². The zero-order valence-corrected chi connectivity index (χ0v) is 12.7. The number of pyridine rings is 1. The second kappa shape index (κ2) is 4.96. The van der Waals surface area contributed by atoms with Gasteiger partial charge in [0.25, 0.3) is 5.91 Å². The van der Waals surface area contributed by atoms with Crippen molar-refractivity contribution in [3.8, 4) is 0 Å². The van der Waals surface area contributed by atoms with E-state index in [1.165, 1.54) is 12.8 Å². The Morgan fingerprint density at radius 2 is 2.33 bits per heavy atom. The lowest BCUT2D eigenvalue weighted by atomic mass is 9.95. The van der Waals surface area contributed by atoms with Crippen molar-refractivity contribution in [2.24, 2.45) is 0 Å².